The molecular weight excluding hydrogens is 222 g/mol. The normalized spacial score (nSPS) is 34.8. The topological polar surface area (TPSA) is 46.2 Å². The lowest BCUT2D eigenvalue weighted by atomic mass is 9.53. The van der Waals surface area contributed by atoms with E-state index in [1.54, 1.807) is 0 Å². The quantitative estimate of drug-likeness (QED) is 0.841. The number of hydrogen-bond acceptors (Lipinski definition) is 2. The number of nitrogens with two attached hydrogens (primary N) is 1. The number of fused-ring (bicyclic) bond motifs is 3. The molecular formula is C16H23NO. The fraction of sp³-hybridized carbons (Fsp3) is 0.625. The van der Waals surface area contributed by atoms with Gasteiger partial charge in [0.1, 0.15) is 0 Å². The van der Waals surface area contributed by atoms with Crippen molar-refractivity contribution in [3.05, 3.63) is 35.4 Å². The molecule has 2 atom stereocenters. The van der Waals surface area contributed by atoms with Gasteiger partial charge in [0, 0.05) is 5.41 Å². The lowest BCUT2D eigenvalue weighted by Crippen LogP contribution is -2.57. The van der Waals surface area contributed by atoms with E-state index in [2.05, 4.69) is 24.3 Å². The first-order chi connectivity index (χ1) is 8.72. The minimum atomic E-state index is -0.515. The number of hydrogen-bond donors (Lipinski definition) is 2. The highest BCUT2D eigenvalue weighted by atomic mass is 16.3. The van der Waals surface area contributed by atoms with Crippen LogP contribution in [-0.4, -0.2) is 17.3 Å². The molecule has 1 aromatic carbocycles. The van der Waals surface area contributed by atoms with Gasteiger partial charge in [-0.05, 0) is 49.8 Å². The van der Waals surface area contributed by atoms with Crippen molar-refractivity contribution >= 4 is 0 Å². The zero-order chi connectivity index (χ0) is 12.6. The zero-order valence-electron chi connectivity index (χ0n) is 11.0. The summed E-state index contributed by atoms with van der Waals surface area (Å²) in [5.74, 6) is 0. The average Bonchev–Trinajstić information content (AvgIpc) is 2.40. The van der Waals surface area contributed by atoms with Crippen LogP contribution < -0.4 is 5.73 Å². The molecule has 98 valence electrons. The van der Waals surface area contributed by atoms with E-state index in [1.807, 2.05) is 0 Å². The molecule has 1 saturated carbocycles. The predicted molar refractivity (Wildman–Crippen MR) is 73.5 cm³/mol. The minimum Gasteiger partial charge on any atom is -0.389 e. The monoisotopic (exact) mass is 245 g/mol. The van der Waals surface area contributed by atoms with Gasteiger partial charge in [-0.1, -0.05) is 37.1 Å². The van der Waals surface area contributed by atoms with Crippen LogP contribution in [0.4, 0.5) is 0 Å². The SMILES string of the molecule is NCCC12CCCCC1(O)CCc1ccccc12. The van der Waals surface area contributed by atoms with Gasteiger partial charge < -0.3 is 10.8 Å². The van der Waals surface area contributed by atoms with Gasteiger partial charge >= 0.3 is 0 Å². The van der Waals surface area contributed by atoms with Gasteiger partial charge in [-0.15, -0.1) is 0 Å². The largest absolute Gasteiger partial charge is 0.389 e. The van der Waals surface area contributed by atoms with E-state index in [4.69, 9.17) is 5.73 Å². The molecule has 2 aliphatic rings. The van der Waals surface area contributed by atoms with Gasteiger partial charge in [0.15, 0.2) is 0 Å². The van der Waals surface area contributed by atoms with Crippen LogP contribution in [0.5, 0.6) is 0 Å². The van der Waals surface area contributed by atoms with E-state index in [9.17, 15) is 5.11 Å². The molecule has 18 heavy (non-hydrogen) atoms. The van der Waals surface area contributed by atoms with E-state index < -0.39 is 5.60 Å². The molecule has 1 aromatic rings. The first-order valence-electron chi connectivity index (χ1n) is 7.23. The third-order valence-corrected chi connectivity index (χ3v) is 5.25. The number of benzene rings is 1. The molecule has 0 aliphatic heterocycles. The van der Waals surface area contributed by atoms with Crippen LogP contribution in [0.3, 0.4) is 0 Å². The molecule has 1 fully saturated rings. The van der Waals surface area contributed by atoms with E-state index in [0.29, 0.717) is 6.54 Å². The Balaban J connectivity index is 2.15. The van der Waals surface area contributed by atoms with Crippen LogP contribution in [0.25, 0.3) is 0 Å². The summed E-state index contributed by atoms with van der Waals surface area (Å²) in [6.45, 7) is 0.663. The van der Waals surface area contributed by atoms with Crippen molar-refractivity contribution in [1.82, 2.24) is 0 Å². The number of aryl methyl sites for hydroxylation is 1. The van der Waals surface area contributed by atoms with Gasteiger partial charge in [-0.2, -0.15) is 0 Å². The molecule has 0 bridgehead atoms. The molecule has 3 N–H and O–H groups in total. The van der Waals surface area contributed by atoms with Crippen molar-refractivity contribution in [2.24, 2.45) is 5.73 Å². The van der Waals surface area contributed by atoms with Crippen LogP contribution >= 0.6 is 0 Å². The maximum absolute atomic E-state index is 11.2. The Kier molecular flexibility index (Phi) is 2.95. The van der Waals surface area contributed by atoms with Crippen molar-refractivity contribution in [2.75, 3.05) is 6.54 Å². The molecule has 2 heteroatoms. The number of aliphatic hydroxyl groups is 1. The Morgan fingerprint density at radius 3 is 2.72 bits per heavy atom. The van der Waals surface area contributed by atoms with Crippen LogP contribution in [0.15, 0.2) is 24.3 Å². The Labute approximate surface area is 109 Å². The lowest BCUT2D eigenvalue weighted by Gasteiger charge is -2.54. The van der Waals surface area contributed by atoms with Crippen molar-refractivity contribution in [3.63, 3.8) is 0 Å². The van der Waals surface area contributed by atoms with Gasteiger partial charge in [0.05, 0.1) is 5.60 Å². The fourth-order valence-electron chi connectivity index (χ4n) is 4.35. The van der Waals surface area contributed by atoms with E-state index in [1.165, 1.54) is 17.5 Å². The smallest absolute Gasteiger partial charge is 0.0747 e. The molecule has 0 aromatic heterocycles. The van der Waals surface area contributed by atoms with Gasteiger partial charge in [-0.3, -0.25) is 0 Å². The molecule has 2 aliphatic carbocycles. The van der Waals surface area contributed by atoms with Crippen LogP contribution in [-0.2, 0) is 11.8 Å². The maximum Gasteiger partial charge on any atom is 0.0747 e. The highest BCUT2D eigenvalue weighted by Gasteiger charge is 2.54. The van der Waals surface area contributed by atoms with Crippen LogP contribution in [0.2, 0.25) is 0 Å². The summed E-state index contributed by atoms with van der Waals surface area (Å²) in [4.78, 5) is 0. The highest BCUT2D eigenvalue weighted by Crippen LogP contribution is 2.54. The van der Waals surface area contributed by atoms with Gasteiger partial charge in [0.2, 0.25) is 0 Å². The van der Waals surface area contributed by atoms with E-state index in [0.717, 1.165) is 38.5 Å². The summed E-state index contributed by atoms with van der Waals surface area (Å²) in [6, 6.07) is 8.67. The Bertz CT molecular complexity index is 440. The Hall–Kier alpha value is -0.860. The summed E-state index contributed by atoms with van der Waals surface area (Å²) in [5, 5.41) is 11.2. The first-order valence-corrected chi connectivity index (χ1v) is 7.23. The van der Waals surface area contributed by atoms with Gasteiger partial charge in [-0.25, -0.2) is 0 Å². The van der Waals surface area contributed by atoms with Crippen LogP contribution in [0.1, 0.15) is 49.7 Å². The molecule has 0 saturated heterocycles. The summed E-state index contributed by atoms with van der Waals surface area (Å²) in [7, 11) is 0. The van der Waals surface area contributed by atoms with Crippen molar-refractivity contribution in [3.8, 4) is 0 Å². The zero-order valence-corrected chi connectivity index (χ0v) is 11.0. The second-order valence-electron chi connectivity index (χ2n) is 6.02. The third-order valence-electron chi connectivity index (χ3n) is 5.25. The Morgan fingerprint density at radius 1 is 1.11 bits per heavy atom. The van der Waals surface area contributed by atoms with Crippen molar-refractivity contribution in [1.29, 1.82) is 0 Å². The first kappa shape index (κ1) is 12.2. The molecule has 0 heterocycles. The molecule has 0 radical (unpaired) electrons. The Morgan fingerprint density at radius 2 is 1.89 bits per heavy atom. The maximum atomic E-state index is 11.2. The second kappa shape index (κ2) is 4.36. The standard InChI is InChI=1S/C16H23NO/c17-12-11-15-8-3-4-9-16(15,18)10-7-13-5-1-2-6-14(13)15/h1-2,5-6,18H,3-4,7-12,17H2. The van der Waals surface area contributed by atoms with Crippen molar-refractivity contribution < 1.29 is 5.11 Å². The lowest BCUT2D eigenvalue weighted by molar-refractivity contribution is -0.0862. The molecule has 2 nitrogen and oxygen atoms in total. The van der Waals surface area contributed by atoms with E-state index >= 15 is 0 Å². The van der Waals surface area contributed by atoms with Gasteiger partial charge in [0.25, 0.3) is 0 Å². The predicted octanol–water partition coefficient (Wildman–Crippen LogP) is 2.52. The summed E-state index contributed by atoms with van der Waals surface area (Å²) in [6.07, 6.45) is 7.25. The molecule has 3 rings (SSSR count). The average molecular weight is 245 g/mol. The summed E-state index contributed by atoms with van der Waals surface area (Å²) >= 11 is 0. The number of rotatable bonds is 2. The summed E-state index contributed by atoms with van der Waals surface area (Å²) < 4.78 is 0. The molecule has 0 spiro atoms. The second-order valence-corrected chi connectivity index (χ2v) is 6.02. The van der Waals surface area contributed by atoms with Crippen molar-refractivity contribution in [2.45, 2.75) is 56.0 Å². The van der Waals surface area contributed by atoms with E-state index in [-0.39, 0.29) is 5.41 Å². The van der Waals surface area contributed by atoms with Crippen LogP contribution in [0, 0.1) is 0 Å². The molecule has 0 amide bonds. The summed E-state index contributed by atoms with van der Waals surface area (Å²) in [5.41, 5.74) is 8.08. The highest BCUT2D eigenvalue weighted by molar-refractivity contribution is 5.41. The third kappa shape index (κ3) is 1.55. The fourth-order valence-corrected chi connectivity index (χ4v) is 4.35. The minimum absolute atomic E-state index is 0.0746. The molecule has 2 unspecified atom stereocenters.